The third kappa shape index (κ3) is 8.21. The summed E-state index contributed by atoms with van der Waals surface area (Å²) in [6, 6.07) is 10.6. The first-order valence-electron chi connectivity index (χ1n) is 17.9. The average molecular weight is 722 g/mol. The van der Waals surface area contributed by atoms with Gasteiger partial charge >= 0.3 is 18.4 Å². The second-order valence-corrected chi connectivity index (χ2v) is 14.7. The van der Waals surface area contributed by atoms with E-state index in [9.17, 15) is 31.5 Å². The highest BCUT2D eigenvalue weighted by Crippen LogP contribution is 2.50. The van der Waals surface area contributed by atoms with Gasteiger partial charge in [-0.25, -0.2) is 18.4 Å². The summed E-state index contributed by atoms with van der Waals surface area (Å²) in [5.74, 6) is -0.0698. The Morgan fingerprint density at radius 3 is 2.27 bits per heavy atom. The van der Waals surface area contributed by atoms with Gasteiger partial charge in [-0.3, -0.25) is 4.90 Å². The zero-order chi connectivity index (χ0) is 36.3. The molecule has 3 heterocycles. The minimum absolute atomic E-state index is 0.0558. The van der Waals surface area contributed by atoms with Crippen molar-refractivity contribution in [2.75, 3.05) is 71.5 Å². The smallest absolute Gasteiger partial charge is 0.416 e. The highest BCUT2D eigenvalue weighted by Gasteiger charge is 2.52. The van der Waals surface area contributed by atoms with Crippen LogP contribution in [-0.2, 0) is 27.6 Å². The maximum Gasteiger partial charge on any atom is 0.416 e. The molecule has 3 atom stereocenters. The van der Waals surface area contributed by atoms with Gasteiger partial charge < -0.3 is 29.9 Å². The lowest BCUT2D eigenvalue weighted by atomic mass is 9.58. The predicted octanol–water partition coefficient (Wildman–Crippen LogP) is 5.97. The molecule has 1 saturated carbocycles. The SMILES string of the molecule is COC(=O)NC[C@@](c1cccc(F)c1)(C1CCN(CC2CN(c3ccc(C(F)(F)F)c(CN4CC(F)C4)c3)C2)CC1)[C@H]1CCC[C@@H]1NC(=O)OC. The molecule has 280 valence electrons. The molecule has 0 aromatic heterocycles. The van der Waals surface area contributed by atoms with E-state index in [2.05, 4.69) is 20.4 Å². The summed E-state index contributed by atoms with van der Waals surface area (Å²) in [5, 5.41) is 5.96. The van der Waals surface area contributed by atoms with Crippen LogP contribution in [0.15, 0.2) is 42.5 Å². The van der Waals surface area contributed by atoms with Crippen LogP contribution in [0.4, 0.5) is 37.2 Å². The average Bonchev–Trinajstić information content (AvgIpc) is 3.53. The van der Waals surface area contributed by atoms with E-state index in [-0.39, 0.29) is 55.4 Å². The van der Waals surface area contributed by atoms with Crippen molar-refractivity contribution < 1.29 is 41.0 Å². The van der Waals surface area contributed by atoms with Crippen LogP contribution in [0.3, 0.4) is 0 Å². The molecule has 9 nitrogen and oxygen atoms in total. The number of alkyl halides is 4. The number of carbonyl (C=O) groups excluding carboxylic acids is 2. The molecule has 6 rings (SSSR count). The Bertz CT molecular complexity index is 1530. The van der Waals surface area contributed by atoms with Crippen molar-refractivity contribution in [1.82, 2.24) is 20.4 Å². The standard InChI is InChI=1S/C37H48F5N5O4/c1-50-34(48)43-23-36(27-5-3-6-28(38)16-27,32-7-4-8-33(32)44-35(49)51-2)26-11-13-45(14-12-26)17-24-18-47(19-24)30-9-10-31(37(40,41)42)25(15-30)20-46-21-29(39)22-46/h3,5-6,9-10,15-16,24,26,29,32-33H,4,7-8,11-14,17-23H2,1-2H3,(H,43,48)(H,44,49)/t32-,33-,36-/m0/s1. The van der Waals surface area contributed by atoms with Gasteiger partial charge in [0.15, 0.2) is 0 Å². The van der Waals surface area contributed by atoms with E-state index in [0.717, 1.165) is 82.1 Å². The molecule has 4 fully saturated rings. The fourth-order valence-electron chi connectivity index (χ4n) is 9.11. The largest absolute Gasteiger partial charge is 0.453 e. The number of hydrogen-bond acceptors (Lipinski definition) is 7. The second kappa shape index (κ2) is 15.5. The van der Waals surface area contributed by atoms with Crippen LogP contribution in [0.2, 0.25) is 0 Å². The molecule has 51 heavy (non-hydrogen) atoms. The number of nitrogens with zero attached hydrogens (tertiary/aromatic N) is 3. The first-order valence-corrected chi connectivity index (χ1v) is 17.9. The number of halogens is 5. The lowest BCUT2D eigenvalue weighted by molar-refractivity contribution is -0.138. The number of nitrogens with one attached hydrogen (secondary N) is 2. The monoisotopic (exact) mass is 721 g/mol. The van der Waals surface area contributed by atoms with Gasteiger partial charge in [-0.2, -0.15) is 13.2 Å². The Balaban J connectivity index is 1.14. The van der Waals surface area contributed by atoms with Crippen molar-refractivity contribution in [3.63, 3.8) is 0 Å². The maximum absolute atomic E-state index is 14.9. The molecule has 1 aliphatic carbocycles. The van der Waals surface area contributed by atoms with Crippen LogP contribution in [0.1, 0.15) is 48.8 Å². The number of carbonyl (C=O) groups is 2. The summed E-state index contributed by atoms with van der Waals surface area (Å²) in [5.41, 5.74) is 0.334. The zero-order valence-corrected chi connectivity index (χ0v) is 29.2. The number of piperidine rings is 1. The van der Waals surface area contributed by atoms with E-state index in [0.29, 0.717) is 5.92 Å². The van der Waals surface area contributed by atoms with Gasteiger partial charge in [0.05, 0.1) is 19.8 Å². The molecule has 2 aromatic rings. The molecule has 14 heteroatoms. The van der Waals surface area contributed by atoms with Crippen molar-refractivity contribution in [2.45, 2.75) is 62.5 Å². The van der Waals surface area contributed by atoms with E-state index < -0.39 is 35.5 Å². The molecule has 3 saturated heterocycles. The first kappa shape index (κ1) is 37.1. The van der Waals surface area contributed by atoms with E-state index >= 15 is 0 Å². The van der Waals surface area contributed by atoms with Gasteiger partial charge in [0.25, 0.3) is 0 Å². The second-order valence-electron chi connectivity index (χ2n) is 14.7. The Kier molecular flexibility index (Phi) is 11.3. The van der Waals surface area contributed by atoms with Crippen LogP contribution in [0, 0.1) is 23.6 Å². The Hall–Kier alpha value is -3.65. The molecule has 2 amide bonds. The van der Waals surface area contributed by atoms with Crippen molar-refractivity contribution in [2.24, 2.45) is 17.8 Å². The minimum atomic E-state index is -4.48. The van der Waals surface area contributed by atoms with Crippen LogP contribution < -0.4 is 15.5 Å². The molecule has 0 bridgehead atoms. The third-order valence-corrected chi connectivity index (χ3v) is 11.6. The number of benzene rings is 2. The molecular weight excluding hydrogens is 673 g/mol. The van der Waals surface area contributed by atoms with Crippen molar-refractivity contribution in [3.05, 3.63) is 65.0 Å². The lowest BCUT2D eigenvalue weighted by Gasteiger charge is -2.51. The van der Waals surface area contributed by atoms with Gasteiger partial charge in [-0.05, 0) is 92.1 Å². The third-order valence-electron chi connectivity index (χ3n) is 11.6. The van der Waals surface area contributed by atoms with E-state index in [4.69, 9.17) is 9.47 Å². The van der Waals surface area contributed by atoms with Crippen molar-refractivity contribution in [3.8, 4) is 0 Å². The Morgan fingerprint density at radius 2 is 1.63 bits per heavy atom. The summed E-state index contributed by atoms with van der Waals surface area (Å²) in [6.07, 6.45) is -2.60. The summed E-state index contributed by atoms with van der Waals surface area (Å²) >= 11 is 0. The molecule has 0 spiro atoms. The number of rotatable bonds is 11. The van der Waals surface area contributed by atoms with Crippen LogP contribution in [0.5, 0.6) is 0 Å². The number of alkyl carbamates (subject to hydrolysis) is 2. The number of methoxy groups -OCH3 is 2. The minimum Gasteiger partial charge on any atom is -0.453 e. The molecule has 3 aliphatic heterocycles. The van der Waals surface area contributed by atoms with Gasteiger partial charge in [0, 0.05) is 68.9 Å². The lowest BCUT2D eigenvalue weighted by Crippen LogP contribution is -2.58. The van der Waals surface area contributed by atoms with Gasteiger partial charge in [0.2, 0.25) is 0 Å². The van der Waals surface area contributed by atoms with E-state index in [1.54, 1.807) is 23.1 Å². The van der Waals surface area contributed by atoms with E-state index in [1.807, 2.05) is 6.07 Å². The molecule has 4 aliphatic rings. The molecule has 0 radical (unpaired) electrons. The topological polar surface area (TPSA) is 86.4 Å². The molecule has 0 unspecified atom stereocenters. The summed E-state index contributed by atoms with van der Waals surface area (Å²) in [7, 11) is 2.63. The van der Waals surface area contributed by atoms with Gasteiger partial charge in [-0.15, -0.1) is 0 Å². The fraction of sp³-hybridized carbons (Fsp3) is 0.622. The summed E-state index contributed by atoms with van der Waals surface area (Å²) in [4.78, 5) is 31.1. The number of ether oxygens (including phenoxy) is 2. The summed E-state index contributed by atoms with van der Waals surface area (Å²) < 4.78 is 79.4. The number of hydrogen-bond donors (Lipinski definition) is 2. The highest BCUT2D eigenvalue weighted by molar-refractivity contribution is 5.68. The fourth-order valence-corrected chi connectivity index (χ4v) is 9.11. The van der Waals surface area contributed by atoms with E-state index in [1.165, 1.54) is 26.4 Å². The molecular formula is C37H48F5N5O4. The Labute approximate surface area is 295 Å². The van der Waals surface area contributed by atoms with Crippen LogP contribution >= 0.6 is 0 Å². The van der Waals surface area contributed by atoms with Crippen LogP contribution in [-0.4, -0.2) is 101 Å². The number of likely N-dealkylation sites (tertiary alicyclic amines) is 2. The highest BCUT2D eigenvalue weighted by atomic mass is 19.4. The summed E-state index contributed by atoms with van der Waals surface area (Å²) in [6.45, 7) is 4.45. The predicted molar refractivity (Wildman–Crippen MR) is 182 cm³/mol. The Morgan fingerprint density at radius 1 is 0.902 bits per heavy atom. The van der Waals surface area contributed by atoms with Crippen LogP contribution in [0.25, 0.3) is 0 Å². The normalized spacial score (nSPS) is 23.6. The molecule has 2 aromatic carbocycles. The quantitative estimate of drug-likeness (QED) is 0.277. The zero-order valence-electron chi connectivity index (χ0n) is 29.2. The van der Waals surface area contributed by atoms with Gasteiger partial charge in [0.1, 0.15) is 12.0 Å². The van der Waals surface area contributed by atoms with Crippen molar-refractivity contribution >= 4 is 17.9 Å². The maximum atomic E-state index is 14.9. The number of anilines is 1. The first-order chi connectivity index (χ1) is 24.4. The number of amides is 2. The van der Waals surface area contributed by atoms with Crippen molar-refractivity contribution in [1.29, 1.82) is 0 Å². The molecule has 2 N–H and O–H groups in total. The van der Waals surface area contributed by atoms with Gasteiger partial charge in [-0.1, -0.05) is 18.6 Å².